The van der Waals surface area contributed by atoms with Crippen molar-refractivity contribution in [2.45, 2.75) is 20.0 Å². The average molecular weight is 471 g/mol. The molecule has 0 radical (unpaired) electrons. The van der Waals surface area contributed by atoms with Gasteiger partial charge in [0.1, 0.15) is 12.4 Å². The van der Waals surface area contributed by atoms with Crippen molar-refractivity contribution in [3.8, 4) is 28.0 Å². The fraction of sp³-hybridized carbons (Fsp3) is 0.138. The molecule has 0 amide bonds. The van der Waals surface area contributed by atoms with E-state index in [1.807, 2.05) is 42.5 Å². The van der Waals surface area contributed by atoms with Gasteiger partial charge in [-0.1, -0.05) is 74.7 Å². The smallest absolute Gasteiger partial charge is 0.349 e. The maximum absolute atomic E-state index is 11.8. The minimum atomic E-state index is -0.683. The Hall–Kier alpha value is -4.45. The van der Waals surface area contributed by atoms with Crippen molar-refractivity contribution in [3.05, 3.63) is 103 Å². The number of hydrogen-bond acceptors (Lipinski definition) is 6. The zero-order valence-corrected chi connectivity index (χ0v) is 19.5. The molecule has 6 heteroatoms. The summed E-state index contributed by atoms with van der Waals surface area (Å²) in [5.41, 5.74) is 6.31. The van der Waals surface area contributed by atoms with Gasteiger partial charge in [-0.3, -0.25) is 0 Å². The number of rotatable bonds is 10. The molecule has 0 heterocycles. The van der Waals surface area contributed by atoms with E-state index in [0.717, 1.165) is 46.4 Å². The van der Waals surface area contributed by atoms with E-state index in [2.05, 4.69) is 37.0 Å². The van der Waals surface area contributed by atoms with Crippen molar-refractivity contribution in [1.82, 2.24) is 0 Å². The Morgan fingerprint density at radius 3 is 2.00 bits per heavy atom. The van der Waals surface area contributed by atoms with Gasteiger partial charge in [-0.15, -0.1) is 0 Å². The van der Waals surface area contributed by atoms with Gasteiger partial charge in [-0.05, 0) is 51.9 Å². The zero-order chi connectivity index (χ0) is 25.2. The van der Waals surface area contributed by atoms with Gasteiger partial charge in [-0.2, -0.15) is 0 Å². The number of hydrogen-bond donors (Lipinski definition) is 0. The van der Waals surface area contributed by atoms with Crippen LogP contribution in [0.2, 0.25) is 0 Å². The number of esters is 3. The van der Waals surface area contributed by atoms with Gasteiger partial charge in [-0.25, -0.2) is 14.4 Å². The maximum Gasteiger partial charge on any atom is 0.349 e. The number of aryl methyl sites for hydroxylation is 1. The lowest BCUT2D eigenvalue weighted by Gasteiger charge is -2.12. The highest BCUT2D eigenvalue weighted by atomic mass is 16.6. The van der Waals surface area contributed by atoms with Crippen molar-refractivity contribution >= 4 is 17.9 Å². The Balaban J connectivity index is 1.70. The number of carbonyl (C=O) groups is 3. The molecule has 0 fully saturated rings. The molecule has 6 nitrogen and oxygen atoms in total. The highest BCUT2D eigenvalue weighted by Gasteiger charge is 2.10. The predicted octanol–water partition coefficient (Wildman–Crippen LogP) is 5.45. The summed E-state index contributed by atoms with van der Waals surface area (Å²) in [4.78, 5) is 34.1. The monoisotopic (exact) mass is 470 g/mol. The van der Waals surface area contributed by atoms with Crippen LogP contribution in [0.15, 0.2) is 92.0 Å². The molecule has 3 aromatic rings. The quantitative estimate of drug-likeness (QED) is 0.223. The molecule has 0 aliphatic heterocycles. The molecule has 0 unspecified atom stereocenters. The van der Waals surface area contributed by atoms with Crippen molar-refractivity contribution in [2.75, 3.05) is 6.61 Å². The lowest BCUT2D eigenvalue weighted by Crippen LogP contribution is -2.17. The van der Waals surface area contributed by atoms with Gasteiger partial charge in [0.15, 0.2) is 6.61 Å². The maximum atomic E-state index is 11.8. The van der Waals surface area contributed by atoms with Crippen LogP contribution < -0.4 is 4.74 Å². The summed E-state index contributed by atoms with van der Waals surface area (Å²) in [6.07, 6.45) is 2.98. The molecule has 0 atom stereocenters. The fourth-order valence-corrected chi connectivity index (χ4v) is 3.41. The Bertz CT molecular complexity index is 1220. The minimum absolute atomic E-state index is 0.204. The van der Waals surface area contributed by atoms with Crippen LogP contribution in [0.3, 0.4) is 0 Å². The van der Waals surface area contributed by atoms with Gasteiger partial charge in [0, 0.05) is 12.2 Å². The topological polar surface area (TPSA) is 78.9 Å². The molecule has 0 saturated heterocycles. The van der Waals surface area contributed by atoms with E-state index in [1.165, 1.54) is 5.56 Å². The summed E-state index contributed by atoms with van der Waals surface area (Å²) >= 11 is 0. The number of carbonyl (C=O) groups excluding carboxylic acids is 3. The van der Waals surface area contributed by atoms with E-state index in [-0.39, 0.29) is 6.61 Å². The van der Waals surface area contributed by atoms with Crippen LogP contribution in [0.1, 0.15) is 18.1 Å². The van der Waals surface area contributed by atoms with Crippen LogP contribution in [-0.4, -0.2) is 24.5 Å². The summed E-state index contributed by atoms with van der Waals surface area (Å²) in [5.74, 6) is -1.44. The first-order valence-corrected chi connectivity index (χ1v) is 11.0. The molecule has 0 aromatic heterocycles. The first-order valence-electron chi connectivity index (χ1n) is 11.0. The Kier molecular flexibility index (Phi) is 8.73. The second kappa shape index (κ2) is 12.1. The third-order valence-corrected chi connectivity index (χ3v) is 5.22. The molecular weight excluding hydrogens is 444 g/mol. The standard InChI is InChI=1S/C29H26O6/c1-4-21-17-24(22-11-14-25(15-12-22)35-29(32)19-34-28(31)6-3)13-16-26(21)23-9-7-20(8-10-23)18-33-27(30)5-2/h5-17H,2-4,18-19H2,1H3. The lowest BCUT2D eigenvalue weighted by molar-refractivity contribution is -0.150. The molecule has 3 aromatic carbocycles. The molecule has 0 spiro atoms. The van der Waals surface area contributed by atoms with Crippen LogP contribution in [0.5, 0.6) is 5.75 Å². The van der Waals surface area contributed by atoms with Gasteiger partial charge in [0.2, 0.25) is 0 Å². The van der Waals surface area contributed by atoms with E-state index >= 15 is 0 Å². The molecule has 3 rings (SSSR count). The van der Waals surface area contributed by atoms with E-state index in [4.69, 9.17) is 9.47 Å². The molecule has 0 bridgehead atoms. The van der Waals surface area contributed by atoms with Crippen molar-refractivity contribution in [2.24, 2.45) is 0 Å². The summed E-state index contributed by atoms with van der Waals surface area (Å²) < 4.78 is 14.9. The number of benzene rings is 3. The van der Waals surface area contributed by atoms with Crippen LogP contribution in [0.25, 0.3) is 22.3 Å². The normalized spacial score (nSPS) is 10.2. The number of ether oxygens (including phenoxy) is 3. The first kappa shape index (κ1) is 25.2. The Morgan fingerprint density at radius 1 is 0.771 bits per heavy atom. The average Bonchev–Trinajstić information content (AvgIpc) is 2.90. The van der Waals surface area contributed by atoms with Crippen LogP contribution in [0, 0.1) is 0 Å². The minimum Gasteiger partial charge on any atom is -0.458 e. The van der Waals surface area contributed by atoms with Gasteiger partial charge < -0.3 is 14.2 Å². The summed E-state index contributed by atoms with van der Waals surface area (Å²) in [6.45, 7) is 8.49. The summed E-state index contributed by atoms with van der Waals surface area (Å²) in [5, 5.41) is 0. The van der Waals surface area contributed by atoms with E-state index < -0.39 is 24.5 Å². The Labute approximate surface area is 204 Å². The van der Waals surface area contributed by atoms with Crippen LogP contribution in [0.4, 0.5) is 0 Å². The van der Waals surface area contributed by atoms with Crippen molar-refractivity contribution in [1.29, 1.82) is 0 Å². The third kappa shape index (κ3) is 7.01. The van der Waals surface area contributed by atoms with Crippen molar-refractivity contribution in [3.63, 3.8) is 0 Å². The molecular formula is C29H26O6. The first-order chi connectivity index (χ1) is 16.9. The van der Waals surface area contributed by atoms with E-state index in [0.29, 0.717) is 5.75 Å². The molecule has 0 aliphatic carbocycles. The summed E-state index contributed by atoms with van der Waals surface area (Å²) in [6, 6.07) is 21.3. The largest absolute Gasteiger partial charge is 0.458 e. The van der Waals surface area contributed by atoms with Crippen LogP contribution >= 0.6 is 0 Å². The van der Waals surface area contributed by atoms with Gasteiger partial charge in [0.05, 0.1) is 0 Å². The van der Waals surface area contributed by atoms with Gasteiger partial charge >= 0.3 is 17.9 Å². The van der Waals surface area contributed by atoms with E-state index in [1.54, 1.807) is 12.1 Å². The molecule has 0 saturated carbocycles. The second-order valence-electron chi connectivity index (χ2n) is 7.54. The second-order valence-corrected chi connectivity index (χ2v) is 7.54. The fourth-order valence-electron chi connectivity index (χ4n) is 3.41. The highest BCUT2D eigenvalue weighted by Crippen LogP contribution is 2.30. The lowest BCUT2D eigenvalue weighted by atomic mass is 9.93. The van der Waals surface area contributed by atoms with Gasteiger partial charge in [0.25, 0.3) is 0 Å². The molecule has 178 valence electrons. The van der Waals surface area contributed by atoms with Crippen LogP contribution in [-0.2, 0) is 36.9 Å². The predicted molar refractivity (Wildman–Crippen MR) is 133 cm³/mol. The van der Waals surface area contributed by atoms with Crippen molar-refractivity contribution < 1.29 is 28.6 Å². The summed E-state index contributed by atoms with van der Waals surface area (Å²) in [7, 11) is 0. The molecule has 35 heavy (non-hydrogen) atoms. The Morgan fingerprint density at radius 2 is 1.37 bits per heavy atom. The molecule has 0 N–H and O–H groups in total. The van der Waals surface area contributed by atoms with E-state index in [9.17, 15) is 14.4 Å². The zero-order valence-electron chi connectivity index (χ0n) is 19.5. The SMILES string of the molecule is C=CC(=O)OCC(=O)Oc1ccc(-c2ccc(-c3ccc(COC(=O)C=C)cc3)c(CC)c2)cc1. The highest BCUT2D eigenvalue weighted by molar-refractivity contribution is 5.84. The molecule has 0 aliphatic rings. The third-order valence-electron chi connectivity index (χ3n) is 5.22.